The lowest BCUT2D eigenvalue weighted by molar-refractivity contribution is 0.115. The summed E-state index contributed by atoms with van der Waals surface area (Å²) in [7, 11) is 1.61. The van der Waals surface area contributed by atoms with Crippen molar-refractivity contribution >= 4 is 23.1 Å². The predicted molar refractivity (Wildman–Crippen MR) is 110 cm³/mol. The first-order valence-electron chi connectivity index (χ1n) is 9.82. The van der Waals surface area contributed by atoms with Crippen molar-refractivity contribution in [3.63, 3.8) is 0 Å². The van der Waals surface area contributed by atoms with Crippen molar-refractivity contribution in [3.05, 3.63) is 29.7 Å². The van der Waals surface area contributed by atoms with E-state index < -0.39 is 0 Å². The minimum absolute atomic E-state index is 0.102. The van der Waals surface area contributed by atoms with Gasteiger partial charge in [0.15, 0.2) is 0 Å². The van der Waals surface area contributed by atoms with Crippen LogP contribution in [0.3, 0.4) is 0 Å². The second kappa shape index (κ2) is 8.39. The molecule has 0 bridgehead atoms. The highest BCUT2D eigenvalue weighted by Gasteiger charge is 2.29. The van der Waals surface area contributed by atoms with E-state index in [-0.39, 0.29) is 6.10 Å². The van der Waals surface area contributed by atoms with Crippen LogP contribution in [0.25, 0.3) is 0 Å². The van der Waals surface area contributed by atoms with Gasteiger partial charge in [0.2, 0.25) is 11.8 Å². The van der Waals surface area contributed by atoms with Gasteiger partial charge in [-0.1, -0.05) is 18.5 Å². The van der Waals surface area contributed by atoms with Gasteiger partial charge in [0, 0.05) is 44.6 Å². The van der Waals surface area contributed by atoms with Gasteiger partial charge in [-0.05, 0) is 12.8 Å². The molecule has 150 valence electrons. The lowest BCUT2D eigenvalue weighted by atomic mass is 9.96. The Kier molecular flexibility index (Phi) is 5.71. The van der Waals surface area contributed by atoms with E-state index in [0.717, 1.165) is 44.1 Å². The molecule has 28 heavy (non-hydrogen) atoms. The summed E-state index contributed by atoms with van der Waals surface area (Å²) >= 11 is 6.36. The first-order chi connectivity index (χ1) is 13.6. The summed E-state index contributed by atoms with van der Waals surface area (Å²) in [5.74, 6) is 2.42. The Bertz CT molecular complexity index is 798. The summed E-state index contributed by atoms with van der Waals surface area (Å²) < 4.78 is 11.4. The fraction of sp³-hybridized carbons (Fsp3) is 0.550. The van der Waals surface area contributed by atoms with E-state index in [2.05, 4.69) is 31.7 Å². The monoisotopic (exact) mass is 403 g/mol. The van der Waals surface area contributed by atoms with Crippen LogP contribution in [0, 0.1) is 5.92 Å². The summed E-state index contributed by atoms with van der Waals surface area (Å²) in [5.41, 5.74) is 0.952. The molecule has 2 fully saturated rings. The van der Waals surface area contributed by atoms with Gasteiger partial charge in [-0.25, -0.2) is 15.0 Å². The minimum Gasteiger partial charge on any atom is -0.481 e. The number of piperidine rings is 1. The van der Waals surface area contributed by atoms with Crippen LogP contribution in [0.15, 0.2) is 24.7 Å². The third kappa shape index (κ3) is 4.09. The van der Waals surface area contributed by atoms with Crippen molar-refractivity contribution in [2.45, 2.75) is 32.3 Å². The van der Waals surface area contributed by atoms with Gasteiger partial charge >= 0.3 is 0 Å². The Morgan fingerprint density at radius 2 is 1.79 bits per heavy atom. The van der Waals surface area contributed by atoms with E-state index in [9.17, 15) is 0 Å². The van der Waals surface area contributed by atoms with E-state index in [0.29, 0.717) is 22.7 Å². The molecule has 4 rings (SSSR count). The molecule has 2 saturated heterocycles. The van der Waals surface area contributed by atoms with Crippen LogP contribution < -0.4 is 19.3 Å². The van der Waals surface area contributed by atoms with Gasteiger partial charge in [0.1, 0.15) is 11.9 Å². The highest BCUT2D eigenvalue weighted by atomic mass is 35.5. The number of hydrogen-bond donors (Lipinski definition) is 0. The van der Waals surface area contributed by atoms with Gasteiger partial charge in [0.25, 0.3) is 0 Å². The van der Waals surface area contributed by atoms with E-state index in [4.69, 9.17) is 21.1 Å². The van der Waals surface area contributed by atoms with Crippen LogP contribution in [0.4, 0.5) is 11.5 Å². The number of rotatable bonds is 5. The smallest absolute Gasteiger partial charge is 0.232 e. The molecule has 2 aromatic rings. The molecule has 0 N–H and O–H groups in total. The Hall–Kier alpha value is -2.28. The molecule has 0 aliphatic carbocycles. The molecule has 4 heterocycles. The third-order valence-corrected chi connectivity index (χ3v) is 5.79. The number of anilines is 2. The molecular formula is C20H26ClN5O2. The minimum atomic E-state index is 0.102. The Labute approximate surface area is 170 Å². The topological polar surface area (TPSA) is 63.6 Å². The summed E-state index contributed by atoms with van der Waals surface area (Å²) in [6.07, 6.45) is 8.65. The van der Waals surface area contributed by atoms with Crippen LogP contribution in [0.5, 0.6) is 11.8 Å². The van der Waals surface area contributed by atoms with Crippen molar-refractivity contribution in [3.8, 4) is 11.8 Å². The highest BCUT2D eigenvalue weighted by Crippen LogP contribution is 2.32. The fourth-order valence-corrected chi connectivity index (χ4v) is 4.14. The number of pyridine rings is 1. The molecule has 2 aliphatic rings. The molecule has 1 unspecified atom stereocenters. The number of hydrogen-bond acceptors (Lipinski definition) is 7. The Balaban J connectivity index is 1.38. The Morgan fingerprint density at radius 3 is 2.46 bits per heavy atom. The zero-order chi connectivity index (χ0) is 19.5. The molecular weight excluding hydrogens is 378 g/mol. The summed E-state index contributed by atoms with van der Waals surface area (Å²) in [4.78, 5) is 17.7. The molecule has 0 amide bonds. The lowest BCUT2D eigenvalue weighted by Gasteiger charge is -2.38. The first kappa shape index (κ1) is 19.1. The maximum absolute atomic E-state index is 6.36. The molecule has 0 saturated carbocycles. The first-order valence-corrected chi connectivity index (χ1v) is 10.2. The molecule has 2 aromatic heterocycles. The predicted octanol–water partition coefficient (Wildman–Crippen LogP) is 3.43. The number of halogens is 1. The average Bonchev–Trinajstić information content (AvgIpc) is 3.25. The molecule has 8 heteroatoms. The van der Waals surface area contributed by atoms with E-state index in [1.807, 2.05) is 12.3 Å². The van der Waals surface area contributed by atoms with Crippen LogP contribution in [-0.2, 0) is 0 Å². The largest absolute Gasteiger partial charge is 0.481 e. The van der Waals surface area contributed by atoms with Gasteiger partial charge < -0.3 is 19.3 Å². The molecule has 2 atom stereocenters. The summed E-state index contributed by atoms with van der Waals surface area (Å²) in [5, 5.41) is 0.635. The quantitative estimate of drug-likeness (QED) is 0.757. The number of nitrogens with zero attached hydrogens (tertiary/aromatic N) is 5. The SMILES string of the molecule is COc1cc(N2CC[C@@H](Oc3cnc(N4CCCC4)cn3)C(C)C2)c(Cl)cn1. The van der Waals surface area contributed by atoms with Crippen LogP contribution in [0.2, 0.25) is 5.02 Å². The molecule has 0 radical (unpaired) electrons. The standard InChI is InChI=1S/C20H26ClN5O2/c1-14-13-26(16-9-19(27-2)23-10-15(16)21)8-5-17(14)28-20-12-22-18(11-24-20)25-6-3-4-7-25/h9-12,14,17H,3-8,13H2,1-2H3/t14?,17-/m1/s1. The second-order valence-corrected chi connectivity index (χ2v) is 7.86. The van der Waals surface area contributed by atoms with Crippen LogP contribution in [0.1, 0.15) is 26.2 Å². The fourth-order valence-electron chi connectivity index (χ4n) is 3.92. The van der Waals surface area contributed by atoms with E-state index in [1.165, 1.54) is 12.8 Å². The van der Waals surface area contributed by atoms with Gasteiger partial charge in [-0.3, -0.25) is 0 Å². The van der Waals surface area contributed by atoms with Crippen LogP contribution >= 0.6 is 11.6 Å². The zero-order valence-electron chi connectivity index (χ0n) is 16.3. The maximum Gasteiger partial charge on any atom is 0.232 e. The van der Waals surface area contributed by atoms with Gasteiger partial charge in [0.05, 0.1) is 36.4 Å². The average molecular weight is 404 g/mol. The number of methoxy groups -OCH3 is 1. The number of aromatic nitrogens is 3. The van der Waals surface area contributed by atoms with Crippen molar-refractivity contribution in [1.29, 1.82) is 0 Å². The summed E-state index contributed by atoms with van der Waals surface area (Å²) in [6, 6.07) is 1.89. The van der Waals surface area contributed by atoms with Crippen LogP contribution in [-0.4, -0.2) is 54.3 Å². The highest BCUT2D eigenvalue weighted by molar-refractivity contribution is 6.33. The van der Waals surface area contributed by atoms with E-state index >= 15 is 0 Å². The molecule has 2 aliphatic heterocycles. The van der Waals surface area contributed by atoms with Crippen molar-refractivity contribution < 1.29 is 9.47 Å². The zero-order valence-corrected chi connectivity index (χ0v) is 17.1. The van der Waals surface area contributed by atoms with Crippen molar-refractivity contribution in [2.75, 3.05) is 43.1 Å². The Morgan fingerprint density at radius 1 is 1.00 bits per heavy atom. The van der Waals surface area contributed by atoms with Gasteiger partial charge in [-0.2, -0.15) is 0 Å². The maximum atomic E-state index is 6.36. The molecule has 7 nitrogen and oxygen atoms in total. The molecule has 0 spiro atoms. The van der Waals surface area contributed by atoms with Gasteiger partial charge in [-0.15, -0.1) is 0 Å². The number of ether oxygens (including phenoxy) is 2. The lowest BCUT2D eigenvalue weighted by Crippen LogP contribution is -2.44. The summed E-state index contributed by atoms with van der Waals surface area (Å²) in [6.45, 7) is 6.01. The normalized spacial score (nSPS) is 22.4. The molecule has 0 aromatic carbocycles. The van der Waals surface area contributed by atoms with Crippen molar-refractivity contribution in [2.24, 2.45) is 5.92 Å². The van der Waals surface area contributed by atoms with E-state index in [1.54, 1.807) is 19.5 Å². The van der Waals surface area contributed by atoms with Crippen molar-refractivity contribution in [1.82, 2.24) is 15.0 Å². The third-order valence-electron chi connectivity index (χ3n) is 5.50. The second-order valence-electron chi connectivity index (χ2n) is 7.45.